The van der Waals surface area contributed by atoms with Gasteiger partial charge in [-0.05, 0) is 31.5 Å². The van der Waals surface area contributed by atoms with Crippen LogP contribution in [0.3, 0.4) is 0 Å². The first-order valence-electron chi connectivity index (χ1n) is 10.9. The Bertz CT molecular complexity index is 1000. The number of rotatable bonds is 7. The van der Waals surface area contributed by atoms with E-state index >= 15 is 0 Å². The molecular formula is C25H31N4O+. The maximum atomic E-state index is 12.7. The van der Waals surface area contributed by atoms with Gasteiger partial charge in [0.2, 0.25) is 5.91 Å². The zero-order valence-electron chi connectivity index (χ0n) is 17.9. The molecule has 2 heterocycles. The van der Waals surface area contributed by atoms with Crippen LogP contribution >= 0.6 is 0 Å². The molecule has 2 aromatic carbocycles. The highest BCUT2D eigenvalue weighted by molar-refractivity contribution is 5.79. The normalized spacial score (nSPS) is 14.2. The predicted molar refractivity (Wildman–Crippen MR) is 119 cm³/mol. The number of carbonyl (C=O) groups is 1. The van der Waals surface area contributed by atoms with Crippen LogP contribution in [0.4, 0.5) is 0 Å². The Morgan fingerprint density at radius 2 is 1.67 bits per heavy atom. The molecule has 0 unspecified atom stereocenters. The van der Waals surface area contributed by atoms with Crippen molar-refractivity contribution in [3.8, 4) is 5.69 Å². The van der Waals surface area contributed by atoms with E-state index in [1.54, 1.807) is 4.90 Å². The fourth-order valence-corrected chi connectivity index (χ4v) is 4.39. The lowest BCUT2D eigenvalue weighted by Gasteiger charge is -2.15. The number of aromatic nitrogens is 2. The van der Waals surface area contributed by atoms with E-state index in [-0.39, 0.29) is 5.91 Å². The van der Waals surface area contributed by atoms with Gasteiger partial charge in [-0.2, -0.15) is 5.10 Å². The zero-order valence-corrected chi connectivity index (χ0v) is 17.9. The van der Waals surface area contributed by atoms with Gasteiger partial charge in [0.25, 0.3) is 0 Å². The lowest BCUT2D eigenvalue weighted by atomic mass is 10.1. The van der Waals surface area contributed by atoms with Crippen LogP contribution in [0, 0.1) is 13.8 Å². The fourth-order valence-electron chi connectivity index (χ4n) is 4.39. The summed E-state index contributed by atoms with van der Waals surface area (Å²) in [5.41, 5.74) is 6.52. The van der Waals surface area contributed by atoms with E-state index in [1.165, 1.54) is 37.1 Å². The second kappa shape index (κ2) is 9.26. The molecular weight excluding hydrogens is 372 g/mol. The molecule has 1 fully saturated rings. The van der Waals surface area contributed by atoms with Crippen molar-refractivity contribution >= 4 is 5.91 Å². The average Bonchev–Trinajstić information content (AvgIpc) is 3.37. The minimum atomic E-state index is 0.0390. The van der Waals surface area contributed by atoms with Crippen molar-refractivity contribution in [1.29, 1.82) is 0 Å². The van der Waals surface area contributed by atoms with Crippen LogP contribution in [0.25, 0.3) is 5.69 Å². The summed E-state index contributed by atoms with van der Waals surface area (Å²) in [7, 11) is 0. The SMILES string of the molecule is Cc1nn(-c2ccccc2)c(C)c1CC(=O)NCc1ccccc1C[NH+]1CCCC1. The van der Waals surface area contributed by atoms with Gasteiger partial charge in [0, 0.05) is 36.2 Å². The summed E-state index contributed by atoms with van der Waals surface area (Å²) >= 11 is 0. The maximum absolute atomic E-state index is 12.7. The van der Waals surface area contributed by atoms with Gasteiger partial charge in [-0.25, -0.2) is 4.68 Å². The average molecular weight is 404 g/mol. The molecule has 0 aliphatic carbocycles. The van der Waals surface area contributed by atoms with Crippen LogP contribution in [-0.2, 0) is 24.3 Å². The number of para-hydroxylation sites is 1. The Hall–Kier alpha value is -2.92. The summed E-state index contributed by atoms with van der Waals surface area (Å²) in [6.07, 6.45) is 3.00. The maximum Gasteiger partial charge on any atom is 0.224 e. The molecule has 0 bridgehead atoms. The number of benzene rings is 2. The van der Waals surface area contributed by atoms with Crippen LogP contribution in [-0.4, -0.2) is 28.8 Å². The van der Waals surface area contributed by atoms with Gasteiger partial charge in [-0.3, -0.25) is 4.79 Å². The summed E-state index contributed by atoms with van der Waals surface area (Å²) in [6, 6.07) is 18.5. The summed E-state index contributed by atoms with van der Waals surface area (Å²) in [6.45, 7) is 8.14. The molecule has 5 nitrogen and oxygen atoms in total. The summed E-state index contributed by atoms with van der Waals surface area (Å²) < 4.78 is 1.92. The number of quaternary nitrogens is 1. The Morgan fingerprint density at radius 1 is 1.00 bits per heavy atom. The van der Waals surface area contributed by atoms with Gasteiger partial charge in [-0.1, -0.05) is 42.5 Å². The molecule has 0 radical (unpaired) electrons. The topological polar surface area (TPSA) is 51.4 Å². The third-order valence-electron chi connectivity index (χ3n) is 6.12. The summed E-state index contributed by atoms with van der Waals surface area (Å²) in [4.78, 5) is 14.4. The minimum absolute atomic E-state index is 0.0390. The largest absolute Gasteiger partial charge is 0.352 e. The molecule has 30 heavy (non-hydrogen) atoms. The van der Waals surface area contributed by atoms with Crippen molar-refractivity contribution in [2.24, 2.45) is 0 Å². The number of nitrogens with zero attached hydrogens (tertiary/aromatic N) is 2. The van der Waals surface area contributed by atoms with Gasteiger partial charge in [0.1, 0.15) is 6.54 Å². The highest BCUT2D eigenvalue weighted by Gasteiger charge is 2.18. The van der Waals surface area contributed by atoms with Crippen molar-refractivity contribution in [3.63, 3.8) is 0 Å². The number of hydrogen-bond donors (Lipinski definition) is 2. The first-order chi connectivity index (χ1) is 14.6. The van der Waals surface area contributed by atoms with Crippen LogP contribution in [0.5, 0.6) is 0 Å². The smallest absolute Gasteiger partial charge is 0.224 e. The lowest BCUT2D eigenvalue weighted by Crippen LogP contribution is -3.08. The lowest BCUT2D eigenvalue weighted by molar-refractivity contribution is -0.901. The summed E-state index contributed by atoms with van der Waals surface area (Å²) in [5.74, 6) is 0.0390. The Morgan fingerprint density at radius 3 is 2.40 bits per heavy atom. The van der Waals surface area contributed by atoms with E-state index < -0.39 is 0 Å². The molecule has 1 amide bonds. The van der Waals surface area contributed by atoms with Crippen LogP contribution < -0.4 is 10.2 Å². The highest BCUT2D eigenvalue weighted by atomic mass is 16.1. The molecule has 0 saturated carbocycles. The molecule has 2 N–H and O–H groups in total. The second-order valence-corrected chi connectivity index (χ2v) is 8.25. The zero-order chi connectivity index (χ0) is 20.9. The molecule has 4 rings (SSSR count). The number of nitrogens with one attached hydrogen (secondary N) is 2. The minimum Gasteiger partial charge on any atom is -0.352 e. The van der Waals surface area contributed by atoms with Crippen molar-refractivity contribution in [2.75, 3.05) is 13.1 Å². The van der Waals surface area contributed by atoms with Gasteiger partial charge >= 0.3 is 0 Å². The van der Waals surface area contributed by atoms with Gasteiger partial charge in [0.05, 0.1) is 30.9 Å². The first-order valence-corrected chi connectivity index (χ1v) is 10.9. The highest BCUT2D eigenvalue weighted by Crippen LogP contribution is 2.18. The van der Waals surface area contributed by atoms with E-state index in [4.69, 9.17) is 0 Å². The molecule has 3 aromatic rings. The molecule has 0 atom stereocenters. The van der Waals surface area contributed by atoms with Crippen LogP contribution in [0.15, 0.2) is 54.6 Å². The monoisotopic (exact) mass is 403 g/mol. The second-order valence-electron chi connectivity index (χ2n) is 8.25. The van der Waals surface area contributed by atoms with Crippen molar-refractivity contribution in [1.82, 2.24) is 15.1 Å². The molecule has 5 heteroatoms. The van der Waals surface area contributed by atoms with Crippen LogP contribution in [0.1, 0.15) is 40.9 Å². The molecule has 1 aromatic heterocycles. The van der Waals surface area contributed by atoms with Gasteiger partial charge < -0.3 is 10.2 Å². The van der Waals surface area contributed by atoms with Crippen molar-refractivity contribution < 1.29 is 9.69 Å². The molecule has 0 spiro atoms. The number of aryl methyl sites for hydroxylation is 1. The third-order valence-corrected chi connectivity index (χ3v) is 6.12. The Balaban J connectivity index is 1.41. The predicted octanol–water partition coefficient (Wildman–Crippen LogP) is 2.53. The number of hydrogen-bond acceptors (Lipinski definition) is 2. The Kier molecular flexibility index (Phi) is 6.29. The van der Waals surface area contributed by atoms with E-state index in [2.05, 4.69) is 34.7 Å². The van der Waals surface area contributed by atoms with E-state index in [9.17, 15) is 4.79 Å². The van der Waals surface area contributed by atoms with Crippen molar-refractivity contribution in [2.45, 2.75) is 46.2 Å². The quantitative estimate of drug-likeness (QED) is 0.637. The third kappa shape index (κ3) is 4.62. The van der Waals surface area contributed by atoms with E-state index in [0.29, 0.717) is 13.0 Å². The number of amides is 1. The van der Waals surface area contributed by atoms with E-state index in [0.717, 1.165) is 29.2 Å². The number of carbonyl (C=O) groups excluding carboxylic acids is 1. The van der Waals surface area contributed by atoms with Crippen molar-refractivity contribution in [3.05, 3.63) is 82.7 Å². The van der Waals surface area contributed by atoms with Gasteiger partial charge in [-0.15, -0.1) is 0 Å². The molecule has 156 valence electrons. The first kappa shape index (κ1) is 20.4. The molecule has 1 aliphatic heterocycles. The number of likely N-dealkylation sites (tertiary alicyclic amines) is 1. The van der Waals surface area contributed by atoms with Gasteiger partial charge in [0.15, 0.2) is 0 Å². The van der Waals surface area contributed by atoms with Crippen LogP contribution in [0.2, 0.25) is 0 Å². The molecule has 1 saturated heterocycles. The molecule has 1 aliphatic rings. The standard InChI is InChI=1S/C25H30N4O/c1-19-24(20(2)29(27-19)23-12-4-3-5-13-23)16-25(30)26-17-21-10-6-7-11-22(21)18-28-14-8-9-15-28/h3-7,10-13H,8-9,14-18H2,1-2H3,(H,26,30)/p+1. The summed E-state index contributed by atoms with van der Waals surface area (Å²) in [5, 5.41) is 7.79. The van der Waals surface area contributed by atoms with E-state index in [1.807, 2.05) is 48.9 Å². The Labute approximate surface area is 178 Å². The fraction of sp³-hybridized carbons (Fsp3) is 0.360.